The fourth-order valence-electron chi connectivity index (χ4n) is 5.05. The smallest absolute Gasteiger partial charge is 0.329 e. The third-order valence-electron chi connectivity index (χ3n) is 7.40. The average molecular weight is 463 g/mol. The maximum absolute atomic E-state index is 10.9. The molecule has 4 heteroatoms. The number of hydrogen-bond donors (Lipinski definition) is 2. The van der Waals surface area contributed by atoms with E-state index in [0.717, 1.165) is 50.5 Å². The van der Waals surface area contributed by atoms with Gasteiger partial charge in [-0.1, -0.05) is 85.8 Å². The van der Waals surface area contributed by atoms with Crippen molar-refractivity contribution >= 4 is 5.97 Å². The quantitative estimate of drug-likeness (QED) is 0.192. The van der Waals surface area contributed by atoms with Gasteiger partial charge in [0.15, 0.2) is 0 Å². The molecule has 0 radical (unpaired) electrons. The maximum Gasteiger partial charge on any atom is 0.329 e. The molecule has 0 heterocycles. The number of allylic oxidation sites excluding steroid dienone is 4. The number of benzene rings is 1. The summed E-state index contributed by atoms with van der Waals surface area (Å²) in [6.45, 7) is 2.29. The van der Waals surface area contributed by atoms with Crippen LogP contribution in [-0.4, -0.2) is 35.5 Å². The molecule has 1 aromatic carbocycles. The first-order valence-electron chi connectivity index (χ1n) is 12.5. The van der Waals surface area contributed by atoms with E-state index in [1.54, 1.807) is 0 Å². The number of aliphatic hydroxyl groups is 1. The summed E-state index contributed by atoms with van der Waals surface area (Å²) in [7, 11) is 0. The molecule has 0 unspecified atom stereocenters. The van der Waals surface area contributed by atoms with E-state index in [-0.39, 0.29) is 17.4 Å². The highest BCUT2D eigenvalue weighted by Gasteiger charge is 2.41. The first-order chi connectivity index (χ1) is 16.4. The molecule has 0 saturated heterocycles. The second-order valence-electron chi connectivity index (χ2n) is 9.84. The lowest BCUT2D eigenvalue weighted by molar-refractivity contribution is -0.141. The highest BCUT2D eigenvalue weighted by molar-refractivity contribution is 5.68. The van der Waals surface area contributed by atoms with Crippen molar-refractivity contribution in [2.45, 2.75) is 70.8 Å². The normalized spacial score (nSPS) is 24.0. The molecule has 3 rings (SSSR count). The third-order valence-corrected chi connectivity index (χ3v) is 7.40. The molecule has 2 N–H and O–H groups in total. The summed E-state index contributed by atoms with van der Waals surface area (Å²) in [6.07, 6.45) is 19.2. The topological polar surface area (TPSA) is 66.8 Å². The standard InChI is InChI=1S/C30H38O4/c1-29(18-8-6-15-26(29)17-23-34-24-28(32)33)19-9-7-16-27(31)30(21-11-22-30)20-10-5-14-25-12-3-2-4-13-25/h2-4,7,9,12-13,16-17,19,27,31H,6,8,10-11,15,18,20-24H2,1H3,(H,32,33)/b16-7+,19-9+,26-17+/t27-,29-/m0/s1. The van der Waals surface area contributed by atoms with E-state index < -0.39 is 12.1 Å². The molecule has 0 amide bonds. The van der Waals surface area contributed by atoms with E-state index in [0.29, 0.717) is 6.61 Å². The Morgan fingerprint density at radius 2 is 1.94 bits per heavy atom. The SMILES string of the molecule is C[C@@]1(/C=C/C=C/[C@H](O)C2(CCC#Cc3ccccc3)CCC2)CCCC/C1=C\COCC(=O)O. The van der Waals surface area contributed by atoms with Gasteiger partial charge in [-0.15, -0.1) is 0 Å². The van der Waals surface area contributed by atoms with Gasteiger partial charge in [0.05, 0.1) is 12.7 Å². The molecule has 0 spiro atoms. The minimum absolute atomic E-state index is 0.0447. The Hall–Kier alpha value is -2.61. The van der Waals surface area contributed by atoms with Gasteiger partial charge in [-0.25, -0.2) is 4.79 Å². The fraction of sp³-hybridized carbons (Fsp3) is 0.500. The number of hydrogen-bond acceptors (Lipinski definition) is 3. The summed E-state index contributed by atoms with van der Waals surface area (Å²) >= 11 is 0. The Morgan fingerprint density at radius 1 is 1.15 bits per heavy atom. The molecule has 2 aliphatic rings. The van der Waals surface area contributed by atoms with Crippen LogP contribution in [0.3, 0.4) is 0 Å². The van der Waals surface area contributed by atoms with Crippen LogP contribution in [0, 0.1) is 22.7 Å². The number of carboxylic acids is 1. The van der Waals surface area contributed by atoms with Gasteiger partial charge >= 0.3 is 5.97 Å². The lowest BCUT2D eigenvalue weighted by Crippen LogP contribution is -2.40. The van der Waals surface area contributed by atoms with Crippen LogP contribution in [0.2, 0.25) is 0 Å². The molecule has 2 saturated carbocycles. The van der Waals surface area contributed by atoms with Crippen LogP contribution in [0.1, 0.15) is 70.3 Å². The van der Waals surface area contributed by atoms with Crippen LogP contribution < -0.4 is 0 Å². The van der Waals surface area contributed by atoms with Crippen molar-refractivity contribution in [3.05, 3.63) is 71.8 Å². The van der Waals surface area contributed by atoms with Gasteiger partial charge in [-0.2, -0.15) is 0 Å². The Balaban J connectivity index is 1.54. The predicted octanol–water partition coefficient (Wildman–Crippen LogP) is 6.07. The second-order valence-corrected chi connectivity index (χ2v) is 9.84. The van der Waals surface area contributed by atoms with E-state index in [1.165, 1.54) is 18.4 Å². The highest BCUT2D eigenvalue weighted by atomic mass is 16.5. The molecule has 0 aromatic heterocycles. The van der Waals surface area contributed by atoms with Crippen molar-refractivity contribution in [2.75, 3.05) is 13.2 Å². The number of carbonyl (C=O) groups is 1. The van der Waals surface area contributed by atoms with Crippen molar-refractivity contribution in [2.24, 2.45) is 10.8 Å². The van der Waals surface area contributed by atoms with Gasteiger partial charge in [-0.3, -0.25) is 0 Å². The van der Waals surface area contributed by atoms with Gasteiger partial charge in [0.1, 0.15) is 6.61 Å². The summed E-state index contributed by atoms with van der Waals surface area (Å²) in [5, 5.41) is 19.7. The molecular formula is C30H38O4. The highest BCUT2D eigenvalue weighted by Crippen LogP contribution is 2.48. The van der Waals surface area contributed by atoms with Crippen molar-refractivity contribution < 1.29 is 19.7 Å². The van der Waals surface area contributed by atoms with Gasteiger partial charge in [0, 0.05) is 22.8 Å². The molecule has 0 aliphatic heterocycles. The van der Waals surface area contributed by atoms with Crippen LogP contribution in [-0.2, 0) is 9.53 Å². The van der Waals surface area contributed by atoms with Gasteiger partial charge < -0.3 is 14.9 Å². The van der Waals surface area contributed by atoms with Crippen LogP contribution >= 0.6 is 0 Å². The number of aliphatic hydroxyl groups excluding tert-OH is 1. The fourth-order valence-corrected chi connectivity index (χ4v) is 5.05. The molecule has 182 valence electrons. The van der Waals surface area contributed by atoms with Crippen LogP contribution in [0.5, 0.6) is 0 Å². The van der Waals surface area contributed by atoms with Gasteiger partial charge in [-0.05, 0) is 50.7 Å². The second kappa shape index (κ2) is 12.7. The summed E-state index contributed by atoms with van der Waals surface area (Å²) in [5.74, 6) is 5.56. The van der Waals surface area contributed by atoms with Crippen LogP contribution in [0.25, 0.3) is 0 Å². The van der Waals surface area contributed by atoms with Crippen molar-refractivity contribution in [3.8, 4) is 11.8 Å². The third kappa shape index (κ3) is 7.45. The Labute approximate surface area is 204 Å². The van der Waals surface area contributed by atoms with Gasteiger partial charge in [0.2, 0.25) is 0 Å². The molecule has 2 atom stereocenters. The number of ether oxygens (including phenoxy) is 1. The van der Waals surface area contributed by atoms with Gasteiger partial charge in [0.25, 0.3) is 0 Å². The van der Waals surface area contributed by atoms with E-state index in [1.807, 2.05) is 48.6 Å². The Bertz CT molecular complexity index is 943. The molecule has 0 bridgehead atoms. The van der Waals surface area contributed by atoms with Crippen LogP contribution in [0.15, 0.2) is 66.3 Å². The Morgan fingerprint density at radius 3 is 2.65 bits per heavy atom. The number of aliphatic carboxylic acids is 1. The zero-order valence-corrected chi connectivity index (χ0v) is 20.3. The molecular weight excluding hydrogens is 424 g/mol. The molecule has 2 fully saturated rings. The van der Waals surface area contributed by atoms with Crippen molar-refractivity contribution in [1.29, 1.82) is 0 Å². The lowest BCUT2D eigenvalue weighted by atomic mass is 9.62. The molecule has 4 nitrogen and oxygen atoms in total. The van der Waals surface area contributed by atoms with E-state index in [2.05, 4.69) is 30.9 Å². The minimum Gasteiger partial charge on any atom is -0.480 e. The zero-order chi connectivity index (χ0) is 24.3. The van der Waals surface area contributed by atoms with Crippen molar-refractivity contribution in [3.63, 3.8) is 0 Å². The lowest BCUT2D eigenvalue weighted by Gasteiger charge is -2.44. The number of carboxylic acid groups (broad SMARTS) is 1. The first-order valence-corrected chi connectivity index (χ1v) is 12.5. The number of rotatable bonds is 10. The zero-order valence-electron chi connectivity index (χ0n) is 20.3. The maximum atomic E-state index is 10.9. The first kappa shape index (κ1) is 26.0. The summed E-state index contributed by atoms with van der Waals surface area (Å²) < 4.78 is 5.21. The largest absolute Gasteiger partial charge is 0.480 e. The summed E-state index contributed by atoms with van der Waals surface area (Å²) in [5.41, 5.74) is 2.24. The monoisotopic (exact) mass is 462 g/mol. The van der Waals surface area contributed by atoms with E-state index in [4.69, 9.17) is 9.84 Å². The molecule has 1 aromatic rings. The average Bonchev–Trinajstić information content (AvgIpc) is 2.80. The van der Waals surface area contributed by atoms with E-state index in [9.17, 15) is 9.90 Å². The molecule has 2 aliphatic carbocycles. The summed E-state index contributed by atoms with van der Waals surface area (Å²) in [6, 6.07) is 10.0. The van der Waals surface area contributed by atoms with Crippen molar-refractivity contribution in [1.82, 2.24) is 0 Å². The molecule has 34 heavy (non-hydrogen) atoms. The Kier molecular flexibility index (Phi) is 9.74. The van der Waals surface area contributed by atoms with E-state index >= 15 is 0 Å². The van der Waals surface area contributed by atoms with Crippen LogP contribution in [0.4, 0.5) is 0 Å². The minimum atomic E-state index is -0.944. The summed E-state index contributed by atoms with van der Waals surface area (Å²) in [4.78, 5) is 10.6. The predicted molar refractivity (Wildman–Crippen MR) is 136 cm³/mol.